The van der Waals surface area contributed by atoms with Gasteiger partial charge in [0.15, 0.2) is 12.1 Å². The van der Waals surface area contributed by atoms with Gasteiger partial charge in [0.25, 0.3) is 0 Å². The van der Waals surface area contributed by atoms with E-state index in [1.54, 1.807) is 19.2 Å². The highest BCUT2D eigenvalue weighted by Gasteiger charge is 2.51. The summed E-state index contributed by atoms with van der Waals surface area (Å²) in [6.07, 6.45) is -2.67. The molecule has 13 heteroatoms. The molecule has 4 unspecified atom stereocenters. The molecule has 0 spiro atoms. The number of nitrogens with zero attached hydrogens (tertiary/aromatic N) is 7. The number of aliphatic hydroxyl groups is 1. The summed E-state index contributed by atoms with van der Waals surface area (Å²) < 4.78 is 20.2. The van der Waals surface area contributed by atoms with Crippen LogP contribution in [0.1, 0.15) is 29.6 Å². The third-order valence-electron chi connectivity index (χ3n) is 5.65. The van der Waals surface area contributed by atoms with Gasteiger partial charge in [0.2, 0.25) is 0 Å². The SMILES string of the molecule is Cc1nc([C@@H]2OC3COC(c4ccccc4)O[C@@H]3C(N=[N+]=[N-])C2O)n(-c2cnc(Br)c(Cl)c2)n1. The molecule has 4 heterocycles. The van der Waals surface area contributed by atoms with Crippen LogP contribution in [0.25, 0.3) is 16.1 Å². The van der Waals surface area contributed by atoms with Crippen LogP contribution in [-0.4, -0.2) is 55.8 Å². The van der Waals surface area contributed by atoms with E-state index in [1.165, 1.54) is 4.68 Å². The number of aromatic nitrogens is 4. The van der Waals surface area contributed by atoms with E-state index in [2.05, 4.69) is 41.0 Å². The van der Waals surface area contributed by atoms with Gasteiger partial charge in [0.05, 0.1) is 35.7 Å². The van der Waals surface area contributed by atoms with Gasteiger partial charge in [-0.15, -0.1) is 0 Å². The highest BCUT2D eigenvalue weighted by Crippen LogP contribution is 2.40. The summed E-state index contributed by atoms with van der Waals surface area (Å²) in [5.41, 5.74) is 10.6. The number of azide groups is 1. The lowest BCUT2D eigenvalue weighted by Crippen LogP contribution is -2.58. The Kier molecular flexibility index (Phi) is 6.54. The van der Waals surface area contributed by atoms with Gasteiger partial charge in [-0.05, 0) is 34.5 Å². The van der Waals surface area contributed by atoms with Crippen molar-refractivity contribution in [1.82, 2.24) is 19.7 Å². The molecule has 34 heavy (non-hydrogen) atoms. The molecule has 0 radical (unpaired) electrons. The summed E-state index contributed by atoms with van der Waals surface area (Å²) >= 11 is 9.49. The molecule has 0 bridgehead atoms. The Labute approximate surface area is 207 Å². The third kappa shape index (κ3) is 4.29. The summed E-state index contributed by atoms with van der Waals surface area (Å²) in [6, 6.07) is 10.1. The van der Waals surface area contributed by atoms with Crippen molar-refractivity contribution in [3.05, 3.63) is 79.9 Å². The molecule has 2 saturated heterocycles. The van der Waals surface area contributed by atoms with Gasteiger partial charge >= 0.3 is 0 Å². The van der Waals surface area contributed by atoms with E-state index >= 15 is 0 Å². The van der Waals surface area contributed by atoms with Crippen LogP contribution in [0.3, 0.4) is 0 Å². The van der Waals surface area contributed by atoms with Crippen molar-refractivity contribution in [1.29, 1.82) is 0 Å². The zero-order valence-corrected chi connectivity index (χ0v) is 20.1. The van der Waals surface area contributed by atoms with Crippen LogP contribution in [0.2, 0.25) is 5.02 Å². The molecule has 2 fully saturated rings. The van der Waals surface area contributed by atoms with Crippen molar-refractivity contribution in [2.45, 2.75) is 43.7 Å². The molecule has 2 aliphatic heterocycles. The van der Waals surface area contributed by atoms with E-state index in [0.29, 0.717) is 27.0 Å². The fourth-order valence-corrected chi connectivity index (χ4v) is 4.51. The van der Waals surface area contributed by atoms with Crippen LogP contribution in [0, 0.1) is 6.92 Å². The number of fused-ring (bicyclic) bond motifs is 1. The first-order valence-corrected chi connectivity index (χ1v) is 11.6. The maximum absolute atomic E-state index is 11.2. The topological polar surface area (TPSA) is 140 Å². The highest BCUT2D eigenvalue weighted by molar-refractivity contribution is 9.10. The molecule has 1 aromatic carbocycles. The van der Waals surface area contributed by atoms with Crippen molar-refractivity contribution in [3.63, 3.8) is 0 Å². The van der Waals surface area contributed by atoms with Crippen molar-refractivity contribution in [2.24, 2.45) is 5.11 Å². The van der Waals surface area contributed by atoms with Crippen molar-refractivity contribution < 1.29 is 19.3 Å². The zero-order chi connectivity index (χ0) is 23.8. The number of halogens is 2. The Balaban J connectivity index is 1.48. The molecule has 5 rings (SSSR count). The lowest BCUT2D eigenvalue weighted by Gasteiger charge is -2.46. The second-order valence-corrected chi connectivity index (χ2v) is 9.01. The van der Waals surface area contributed by atoms with Gasteiger partial charge in [-0.1, -0.05) is 47.0 Å². The molecule has 6 atom stereocenters. The lowest BCUT2D eigenvalue weighted by atomic mass is 9.91. The number of aliphatic hydroxyl groups excluding tert-OH is 1. The quantitative estimate of drug-likeness (QED) is 0.225. The van der Waals surface area contributed by atoms with Gasteiger partial charge in [0, 0.05) is 10.5 Å². The summed E-state index contributed by atoms with van der Waals surface area (Å²) in [5, 5.41) is 19.9. The molecule has 0 amide bonds. The molecule has 0 aliphatic carbocycles. The predicted octanol–water partition coefficient (Wildman–Crippen LogP) is 3.98. The maximum atomic E-state index is 11.2. The van der Waals surface area contributed by atoms with Gasteiger partial charge in [-0.2, -0.15) is 5.10 Å². The van der Waals surface area contributed by atoms with Crippen LogP contribution in [0.15, 0.2) is 52.3 Å². The summed E-state index contributed by atoms with van der Waals surface area (Å²) in [6.45, 7) is 1.89. The molecule has 2 aromatic heterocycles. The van der Waals surface area contributed by atoms with Crippen LogP contribution >= 0.6 is 27.5 Å². The Morgan fingerprint density at radius 3 is 2.82 bits per heavy atom. The Morgan fingerprint density at radius 1 is 1.29 bits per heavy atom. The van der Waals surface area contributed by atoms with Gasteiger partial charge in [0.1, 0.15) is 28.7 Å². The van der Waals surface area contributed by atoms with Gasteiger partial charge in [-0.25, -0.2) is 14.6 Å². The number of rotatable bonds is 4. The second kappa shape index (κ2) is 9.59. The van der Waals surface area contributed by atoms with E-state index in [4.69, 9.17) is 25.8 Å². The number of hydrogen-bond acceptors (Lipinski definition) is 8. The minimum absolute atomic E-state index is 0.170. The fraction of sp³-hybridized carbons (Fsp3) is 0.381. The largest absolute Gasteiger partial charge is 0.389 e. The smallest absolute Gasteiger partial charge is 0.184 e. The average Bonchev–Trinajstić information content (AvgIpc) is 3.24. The Morgan fingerprint density at radius 2 is 2.09 bits per heavy atom. The first kappa shape index (κ1) is 23.2. The maximum Gasteiger partial charge on any atom is 0.184 e. The summed E-state index contributed by atoms with van der Waals surface area (Å²) in [7, 11) is 0. The zero-order valence-electron chi connectivity index (χ0n) is 17.8. The van der Waals surface area contributed by atoms with E-state index in [9.17, 15) is 10.6 Å². The second-order valence-electron chi connectivity index (χ2n) is 7.85. The monoisotopic (exact) mass is 547 g/mol. The number of benzene rings is 1. The van der Waals surface area contributed by atoms with E-state index in [1.807, 2.05) is 30.3 Å². The molecular weight excluding hydrogens is 530 g/mol. The Hall–Kier alpha value is -2.57. The van der Waals surface area contributed by atoms with Crippen LogP contribution in [0.5, 0.6) is 0 Å². The molecule has 0 saturated carbocycles. The van der Waals surface area contributed by atoms with Crippen LogP contribution in [0.4, 0.5) is 0 Å². The summed E-state index contributed by atoms with van der Waals surface area (Å²) in [4.78, 5) is 11.6. The van der Waals surface area contributed by atoms with Crippen LogP contribution < -0.4 is 0 Å². The molecule has 2 aliphatic rings. The fourth-order valence-electron chi connectivity index (χ4n) is 4.13. The predicted molar refractivity (Wildman–Crippen MR) is 123 cm³/mol. The first-order chi connectivity index (χ1) is 16.5. The van der Waals surface area contributed by atoms with Crippen LogP contribution in [-0.2, 0) is 14.2 Å². The minimum atomic E-state index is -1.26. The number of aryl methyl sites for hydroxylation is 1. The Bertz CT molecular complexity index is 1240. The minimum Gasteiger partial charge on any atom is -0.389 e. The standard InChI is InChI=1S/C21H19BrClN7O4/c1-10-26-20(30(28-10)12-7-13(23)19(22)25-8-12)18-16(31)15(27-29-24)17-14(33-18)9-32-21(34-17)11-5-3-2-4-6-11/h2-8,14-18,21,31H,9H2,1H3/t14?,15?,16?,17-,18+,21?/m0/s1. The molecule has 3 aromatic rings. The highest BCUT2D eigenvalue weighted by atomic mass is 79.9. The number of pyridine rings is 1. The van der Waals surface area contributed by atoms with Gasteiger partial charge < -0.3 is 19.3 Å². The molecule has 176 valence electrons. The third-order valence-corrected chi connectivity index (χ3v) is 6.80. The molecule has 1 N–H and O–H groups in total. The lowest BCUT2D eigenvalue weighted by molar-refractivity contribution is -0.309. The molecular formula is C21H19BrClN7O4. The van der Waals surface area contributed by atoms with E-state index < -0.39 is 36.7 Å². The van der Waals surface area contributed by atoms with Crippen molar-refractivity contribution >= 4 is 27.5 Å². The van der Waals surface area contributed by atoms with E-state index in [0.717, 1.165) is 5.56 Å². The van der Waals surface area contributed by atoms with E-state index in [-0.39, 0.29) is 6.61 Å². The van der Waals surface area contributed by atoms with Crippen molar-refractivity contribution in [2.75, 3.05) is 6.61 Å². The normalized spacial score (nSPS) is 28.7. The first-order valence-electron chi connectivity index (χ1n) is 10.4. The molecule has 11 nitrogen and oxygen atoms in total. The average molecular weight is 549 g/mol. The van der Waals surface area contributed by atoms with Gasteiger partial charge in [-0.3, -0.25) is 0 Å². The summed E-state index contributed by atoms with van der Waals surface area (Å²) in [5.74, 6) is 0.763. The number of hydrogen-bond donors (Lipinski definition) is 1. The number of ether oxygens (including phenoxy) is 3. The van der Waals surface area contributed by atoms with Crippen molar-refractivity contribution in [3.8, 4) is 5.69 Å².